The molecule has 26 heavy (non-hydrogen) atoms. The Kier molecular flexibility index (Phi) is 4.04. The number of aliphatic carboxylic acids is 1. The first kappa shape index (κ1) is 16.8. The summed E-state index contributed by atoms with van der Waals surface area (Å²) in [6.07, 6.45) is 1.38. The van der Waals surface area contributed by atoms with E-state index in [2.05, 4.69) is 12.1 Å². The van der Waals surface area contributed by atoms with Gasteiger partial charge in [-0.1, -0.05) is 55.0 Å². The standard InChI is InChI=1S/C21H21NO4/c22-21(20(24)25)11-5-10-18(21)19(23)26-12-17-15-8-3-1-6-13(15)14-7-2-4-9-16(14)17/h1-4,6-9,17-18H,5,10-12,22H2,(H,24,25)/t18-,21-/m0/s1. The average Bonchev–Trinajstić information content (AvgIpc) is 3.19. The minimum atomic E-state index is -1.51. The second kappa shape index (κ2) is 6.25. The van der Waals surface area contributed by atoms with Crippen LogP contribution in [0.5, 0.6) is 0 Å². The van der Waals surface area contributed by atoms with Gasteiger partial charge in [0.05, 0.1) is 5.92 Å². The minimum absolute atomic E-state index is 0.0373. The van der Waals surface area contributed by atoms with Crippen molar-refractivity contribution < 1.29 is 19.4 Å². The maximum Gasteiger partial charge on any atom is 0.324 e. The maximum absolute atomic E-state index is 12.6. The molecular formula is C21H21NO4. The molecule has 5 heteroatoms. The Morgan fingerprint density at radius 3 is 2.23 bits per heavy atom. The van der Waals surface area contributed by atoms with Crippen molar-refractivity contribution in [3.63, 3.8) is 0 Å². The van der Waals surface area contributed by atoms with Crippen molar-refractivity contribution in [3.8, 4) is 11.1 Å². The molecule has 2 aromatic rings. The molecule has 2 aromatic carbocycles. The monoisotopic (exact) mass is 351 g/mol. The largest absolute Gasteiger partial charge is 0.480 e. The zero-order valence-corrected chi connectivity index (χ0v) is 14.4. The Hall–Kier alpha value is -2.66. The molecule has 2 aliphatic carbocycles. The number of carbonyl (C=O) groups excluding carboxylic acids is 1. The van der Waals surface area contributed by atoms with E-state index in [0.717, 1.165) is 22.3 Å². The Balaban J connectivity index is 1.55. The highest BCUT2D eigenvalue weighted by atomic mass is 16.5. The molecular weight excluding hydrogens is 330 g/mol. The zero-order chi connectivity index (χ0) is 18.3. The summed E-state index contributed by atoms with van der Waals surface area (Å²) < 4.78 is 5.59. The highest BCUT2D eigenvalue weighted by Crippen LogP contribution is 2.45. The van der Waals surface area contributed by atoms with Gasteiger partial charge in [0.15, 0.2) is 0 Å². The normalized spacial score (nSPS) is 24.1. The van der Waals surface area contributed by atoms with E-state index in [9.17, 15) is 14.7 Å². The Morgan fingerprint density at radius 1 is 1.08 bits per heavy atom. The number of carboxylic acids is 1. The van der Waals surface area contributed by atoms with E-state index in [0.29, 0.717) is 19.3 Å². The van der Waals surface area contributed by atoms with Crippen LogP contribution in [0.25, 0.3) is 11.1 Å². The highest BCUT2D eigenvalue weighted by Gasteiger charge is 2.50. The van der Waals surface area contributed by atoms with E-state index in [1.165, 1.54) is 0 Å². The number of fused-ring (bicyclic) bond motifs is 3. The van der Waals surface area contributed by atoms with Gasteiger partial charge in [-0.2, -0.15) is 0 Å². The highest BCUT2D eigenvalue weighted by molar-refractivity contribution is 5.88. The molecule has 0 saturated heterocycles. The van der Waals surface area contributed by atoms with Gasteiger partial charge in [-0.05, 0) is 35.1 Å². The number of ether oxygens (including phenoxy) is 1. The minimum Gasteiger partial charge on any atom is -0.480 e. The third kappa shape index (κ3) is 2.51. The molecule has 3 N–H and O–H groups in total. The lowest BCUT2D eigenvalue weighted by molar-refractivity contribution is -0.158. The first-order valence-corrected chi connectivity index (χ1v) is 8.89. The molecule has 2 atom stereocenters. The van der Waals surface area contributed by atoms with Gasteiger partial charge in [-0.3, -0.25) is 9.59 Å². The van der Waals surface area contributed by atoms with Crippen molar-refractivity contribution in [2.24, 2.45) is 11.7 Å². The summed E-state index contributed by atoms with van der Waals surface area (Å²) in [4.78, 5) is 24.1. The lowest BCUT2D eigenvalue weighted by atomic mass is 9.88. The van der Waals surface area contributed by atoms with Crippen molar-refractivity contribution >= 4 is 11.9 Å². The van der Waals surface area contributed by atoms with Crippen LogP contribution in [0.2, 0.25) is 0 Å². The van der Waals surface area contributed by atoms with Crippen LogP contribution in [-0.2, 0) is 14.3 Å². The van der Waals surface area contributed by atoms with E-state index in [-0.39, 0.29) is 12.5 Å². The SMILES string of the molecule is N[C@@]1(C(=O)O)CCC[C@H]1C(=O)OCC1c2ccccc2-c2ccccc21. The quantitative estimate of drug-likeness (QED) is 0.827. The summed E-state index contributed by atoms with van der Waals surface area (Å²) in [7, 11) is 0. The van der Waals surface area contributed by atoms with Gasteiger partial charge in [0.25, 0.3) is 0 Å². The van der Waals surface area contributed by atoms with Crippen LogP contribution in [0.4, 0.5) is 0 Å². The molecule has 0 amide bonds. The second-order valence-corrected chi connectivity index (χ2v) is 7.15. The predicted molar refractivity (Wildman–Crippen MR) is 96.6 cm³/mol. The number of carbonyl (C=O) groups is 2. The van der Waals surface area contributed by atoms with Crippen LogP contribution < -0.4 is 5.73 Å². The van der Waals surface area contributed by atoms with Gasteiger partial charge in [0.1, 0.15) is 12.1 Å². The smallest absolute Gasteiger partial charge is 0.324 e. The topological polar surface area (TPSA) is 89.6 Å². The zero-order valence-electron chi connectivity index (χ0n) is 14.4. The number of nitrogens with two attached hydrogens (primary N) is 1. The van der Waals surface area contributed by atoms with Gasteiger partial charge in [0, 0.05) is 5.92 Å². The van der Waals surface area contributed by atoms with E-state index in [1.807, 2.05) is 36.4 Å². The van der Waals surface area contributed by atoms with Crippen molar-refractivity contribution in [1.82, 2.24) is 0 Å². The van der Waals surface area contributed by atoms with Crippen LogP contribution >= 0.6 is 0 Å². The molecule has 4 rings (SSSR count). The number of hydrogen-bond donors (Lipinski definition) is 2. The van der Waals surface area contributed by atoms with Crippen LogP contribution in [0.15, 0.2) is 48.5 Å². The lowest BCUT2D eigenvalue weighted by Gasteiger charge is -2.25. The number of carboxylic acid groups (broad SMARTS) is 1. The molecule has 0 aromatic heterocycles. The van der Waals surface area contributed by atoms with Crippen LogP contribution in [0, 0.1) is 5.92 Å². The second-order valence-electron chi connectivity index (χ2n) is 7.15. The maximum atomic E-state index is 12.6. The van der Waals surface area contributed by atoms with Crippen LogP contribution in [-0.4, -0.2) is 29.2 Å². The molecule has 0 spiro atoms. The lowest BCUT2D eigenvalue weighted by Crippen LogP contribution is -2.53. The summed E-state index contributed by atoms with van der Waals surface area (Å²) in [6.45, 7) is 0.194. The fraction of sp³-hybridized carbons (Fsp3) is 0.333. The van der Waals surface area contributed by atoms with E-state index in [4.69, 9.17) is 10.5 Å². The van der Waals surface area contributed by atoms with Crippen LogP contribution in [0.3, 0.4) is 0 Å². The molecule has 0 heterocycles. The molecule has 1 saturated carbocycles. The van der Waals surface area contributed by atoms with Gasteiger partial charge in [-0.15, -0.1) is 0 Å². The fourth-order valence-corrected chi connectivity index (χ4v) is 4.32. The molecule has 0 aliphatic heterocycles. The number of hydrogen-bond acceptors (Lipinski definition) is 4. The summed E-state index contributed by atoms with van der Waals surface area (Å²) in [5.74, 6) is -2.46. The van der Waals surface area contributed by atoms with Gasteiger partial charge < -0.3 is 15.6 Å². The molecule has 134 valence electrons. The first-order chi connectivity index (χ1) is 12.5. The summed E-state index contributed by atoms with van der Waals surface area (Å²) in [6, 6.07) is 16.2. The predicted octanol–water partition coefficient (Wildman–Crippen LogP) is 2.92. The van der Waals surface area contributed by atoms with Crippen LogP contribution in [0.1, 0.15) is 36.3 Å². The van der Waals surface area contributed by atoms with Crippen molar-refractivity contribution in [2.75, 3.05) is 6.61 Å². The average molecular weight is 351 g/mol. The molecule has 2 aliphatic rings. The van der Waals surface area contributed by atoms with Crippen molar-refractivity contribution in [2.45, 2.75) is 30.7 Å². The summed E-state index contributed by atoms with van der Waals surface area (Å²) in [5.41, 5.74) is 9.04. The fourth-order valence-electron chi connectivity index (χ4n) is 4.32. The Bertz CT molecular complexity index is 832. The number of esters is 1. The molecule has 0 radical (unpaired) electrons. The van der Waals surface area contributed by atoms with Gasteiger partial charge in [0.2, 0.25) is 0 Å². The van der Waals surface area contributed by atoms with E-state index < -0.39 is 23.4 Å². The van der Waals surface area contributed by atoms with Crippen molar-refractivity contribution in [3.05, 3.63) is 59.7 Å². The molecule has 0 unspecified atom stereocenters. The molecule has 1 fully saturated rings. The number of benzene rings is 2. The van der Waals surface area contributed by atoms with Crippen molar-refractivity contribution in [1.29, 1.82) is 0 Å². The Morgan fingerprint density at radius 2 is 1.65 bits per heavy atom. The van der Waals surface area contributed by atoms with Gasteiger partial charge >= 0.3 is 11.9 Å². The Labute approximate surface area is 151 Å². The first-order valence-electron chi connectivity index (χ1n) is 8.89. The molecule has 5 nitrogen and oxygen atoms in total. The van der Waals surface area contributed by atoms with E-state index in [1.54, 1.807) is 0 Å². The van der Waals surface area contributed by atoms with E-state index >= 15 is 0 Å². The number of rotatable bonds is 4. The summed E-state index contributed by atoms with van der Waals surface area (Å²) >= 11 is 0. The third-order valence-electron chi connectivity index (χ3n) is 5.74. The molecule has 0 bridgehead atoms. The van der Waals surface area contributed by atoms with Gasteiger partial charge in [-0.25, -0.2) is 0 Å². The third-order valence-corrected chi connectivity index (χ3v) is 5.74. The summed E-state index contributed by atoms with van der Waals surface area (Å²) in [5, 5.41) is 9.40.